The first-order valence-corrected chi connectivity index (χ1v) is 10.9. The van der Waals surface area contributed by atoms with E-state index in [-0.39, 0.29) is 22.9 Å². The molecule has 0 saturated heterocycles. The van der Waals surface area contributed by atoms with Gasteiger partial charge in [0, 0.05) is 17.0 Å². The van der Waals surface area contributed by atoms with Crippen molar-refractivity contribution in [2.45, 2.75) is 30.9 Å². The minimum Gasteiger partial charge on any atom is -0.363 e. The van der Waals surface area contributed by atoms with E-state index in [0.717, 1.165) is 22.7 Å². The number of amides is 1. The summed E-state index contributed by atoms with van der Waals surface area (Å²) in [5, 5.41) is 8.75. The van der Waals surface area contributed by atoms with E-state index in [2.05, 4.69) is 31.7 Å². The highest BCUT2D eigenvalue weighted by atomic mass is 79.9. The molecule has 3 aromatic rings. The Hall–Kier alpha value is -2.73. The van der Waals surface area contributed by atoms with Gasteiger partial charge in [-0.3, -0.25) is 4.79 Å². The first-order chi connectivity index (χ1) is 15.8. The first kappa shape index (κ1) is 24.4. The molecule has 1 aliphatic rings. The molecule has 0 saturated carbocycles. The SMILES string of the molecule is O=C(Nc1cc(C(F)(F)F)ccc1Cl)c1cc2n(n1)C(C(F)(F)F)CC(c1ccc(Br)cc1)N2. The molecule has 2 N–H and O–H groups in total. The van der Waals surface area contributed by atoms with Crippen LogP contribution >= 0.6 is 27.5 Å². The molecule has 1 aromatic heterocycles. The molecule has 2 aromatic carbocycles. The molecule has 180 valence electrons. The predicted octanol–water partition coefficient (Wildman–Crippen LogP) is 7.23. The molecule has 1 aliphatic heterocycles. The molecule has 5 nitrogen and oxygen atoms in total. The Kier molecular flexibility index (Phi) is 6.32. The number of carbonyl (C=O) groups excluding carboxylic acids is 1. The zero-order valence-corrected chi connectivity index (χ0v) is 19.1. The summed E-state index contributed by atoms with van der Waals surface area (Å²) in [6.07, 6.45) is -9.71. The Morgan fingerprint density at radius 3 is 2.38 bits per heavy atom. The molecule has 2 unspecified atom stereocenters. The molecule has 0 radical (unpaired) electrons. The van der Waals surface area contributed by atoms with E-state index >= 15 is 0 Å². The molecule has 0 bridgehead atoms. The van der Waals surface area contributed by atoms with Gasteiger partial charge in [-0.05, 0) is 35.9 Å². The number of carbonyl (C=O) groups is 1. The molecule has 2 atom stereocenters. The molecular formula is C21H14BrClF6N4O. The van der Waals surface area contributed by atoms with Crippen LogP contribution in [0.1, 0.15) is 40.1 Å². The Morgan fingerprint density at radius 1 is 1.09 bits per heavy atom. The smallest absolute Gasteiger partial charge is 0.363 e. The van der Waals surface area contributed by atoms with E-state index in [1.54, 1.807) is 24.3 Å². The number of hydrogen-bond donors (Lipinski definition) is 2. The number of rotatable bonds is 3. The van der Waals surface area contributed by atoms with Crippen molar-refractivity contribution in [1.29, 1.82) is 0 Å². The van der Waals surface area contributed by atoms with E-state index in [9.17, 15) is 31.1 Å². The molecule has 34 heavy (non-hydrogen) atoms. The van der Waals surface area contributed by atoms with Crippen LogP contribution in [-0.2, 0) is 6.18 Å². The minimum atomic E-state index is -4.68. The maximum Gasteiger partial charge on any atom is 0.416 e. The van der Waals surface area contributed by atoms with E-state index in [1.807, 2.05) is 0 Å². The molecule has 13 heteroatoms. The second-order valence-electron chi connectivity index (χ2n) is 7.55. The van der Waals surface area contributed by atoms with Crippen molar-refractivity contribution in [3.05, 3.63) is 74.8 Å². The molecule has 0 fully saturated rings. The van der Waals surface area contributed by atoms with Crippen LogP contribution in [0.5, 0.6) is 0 Å². The summed E-state index contributed by atoms with van der Waals surface area (Å²) in [6, 6.07) is 7.46. The van der Waals surface area contributed by atoms with Crippen molar-refractivity contribution in [1.82, 2.24) is 9.78 Å². The van der Waals surface area contributed by atoms with Crippen molar-refractivity contribution in [2.24, 2.45) is 0 Å². The lowest BCUT2D eigenvalue weighted by Gasteiger charge is -2.33. The Balaban J connectivity index is 1.64. The Bertz CT molecular complexity index is 1230. The summed E-state index contributed by atoms with van der Waals surface area (Å²) in [4.78, 5) is 12.6. The topological polar surface area (TPSA) is 59.0 Å². The lowest BCUT2D eigenvalue weighted by molar-refractivity contribution is -0.173. The number of aromatic nitrogens is 2. The van der Waals surface area contributed by atoms with Crippen molar-refractivity contribution >= 4 is 44.9 Å². The molecular weight excluding hydrogens is 554 g/mol. The summed E-state index contributed by atoms with van der Waals surface area (Å²) in [5.41, 5.74) is -1.21. The van der Waals surface area contributed by atoms with Gasteiger partial charge in [0.2, 0.25) is 0 Å². The van der Waals surface area contributed by atoms with Crippen LogP contribution in [0.3, 0.4) is 0 Å². The quantitative estimate of drug-likeness (QED) is 0.328. The number of hydrogen-bond acceptors (Lipinski definition) is 3. The van der Waals surface area contributed by atoms with Crippen molar-refractivity contribution in [3.8, 4) is 0 Å². The third-order valence-corrected chi connectivity index (χ3v) is 6.10. The zero-order valence-electron chi connectivity index (χ0n) is 16.8. The largest absolute Gasteiger partial charge is 0.416 e. The summed E-state index contributed by atoms with van der Waals surface area (Å²) < 4.78 is 81.8. The number of nitrogens with one attached hydrogen (secondary N) is 2. The van der Waals surface area contributed by atoms with Gasteiger partial charge in [-0.1, -0.05) is 39.7 Å². The van der Waals surface area contributed by atoms with Gasteiger partial charge in [0.25, 0.3) is 5.91 Å². The average molecular weight is 568 g/mol. The van der Waals surface area contributed by atoms with Crippen molar-refractivity contribution in [3.63, 3.8) is 0 Å². The van der Waals surface area contributed by atoms with Gasteiger partial charge in [-0.15, -0.1) is 0 Å². The summed E-state index contributed by atoms with van der Waals surface area (Å²) in [7, 11) is 0. The van der Waals surface area contributed by atoms with E-state index in [0.29, 0.717) is 16.3 Å². The normalized spacial score (nSPS) is 18.2. The summed E-state index contributed by atoms with van der Waals surface area (Å²) in [5.74, 6) is -1.06. The van der Waals surface area contributed by atoms with E-state index in [1.165, 1.54) is 0 Å². The van der Waals surface area contributed by atoms with Crippen LogP contribution in [0.2, 0.25) is 5.02 Å². The van der Waals surface area contributed by atoms with Crippen LogP contribution in [0.25, 0.3) is 0 Å². The number of alkyl halides is 6. The number of halogens is 8. The molecule has 1 amide bonds. The van der Waals surface area contributed by atoms with Crippen LogP contribution in [0.4, 0.5) is 37.8 Å². The van der Waals surface area contributed by atoms with Gasteiger partial charge >= 0.3 is 12.4 Å². The van der Waals surface area contributed by atoms with E-state index in [4.69, 9.17) is 11.6 Å². The maximum atomic E-state index is 13.8. The number of fused-ring (bicyclic) bond motifs is 1. The highest BCUT2D eigenvalue weighted by Gasteiger charge is 2.46. The zero-order chi connectivity index (χ0) is 24.8. The summed E-state index contributed by atoms with van der Waals surface area (Å²) in [6.45, 7) is 0. The van der Waals surface area contributed by atoms with Crippen molar-refractivity contribution in [2.75, 3.05) is 10.6 Å². The highest BCUT2D eigenvalue weighted by molar-refractivity contribution is 9.10. The van der Waals surface area contributed by atoms with Gasteiger partial charge in [0.1, 0.15) is 5.82 Å². The van der Waals surface area contributed by atoms with Crippen molar-refractivity contribution < 1.29 is 31.1 Å². The first-order valence-electron chi connectivity index (χ1n) is 9.69. The molecule has 2 heterocycles. The second kappa shape index (κ2) is 8.81. The lowest BCUT2D eigenvalue weighted by atomic mass is 9.97. The lowest BCUT2D eigenvalue weighted by Crippen LogP contribution is -2.35. The van der Waals surface area contributed by atoms with Crippen LogP contribution in [-0.4, -0.2) is 21.9 Å². The standard InChI is InChI=1S/C21H14BrClF6N4O/c22-12-4-1-10(2-5-12)14-8-17(21(27,28)29)33-18(30-14)9-16(32-33)19(34)31-15-7-11(20(24,25)26)3-6-13(15)23/h1-7,9,14,17,30H,8H2,(H,31,34). The van der Waals surface area contributed by atoms with Crippen LogP contribution < -0.4 is 10.6 Å². The Labute approximate surface area is 202 Å². The fraction of sp³-hybridized carbons (Fsp3) is 0.238. The third-order valence-electron chi connectivity index (χ3n) is 5.24. The van der Waals surface area contributed by atoms with Gasteiger partial charge < -0.3 is 10.6 Å². The highest BCUT2D eigenvalue weighted by Crippen LogP contribution is 2.44. The fourth-order valence-electron chi connectivity index (χ4n) is 3.58. The average Bonchev–Trinajstić information content (AvgIpc) is 3.18. The molecule has 4 rings (SSSR count). The third kappa shape index (κ3) is 5.02. The monoisotopic (exact) mass is 566 g/mol. The minimum absolute atomic E-state index is 0.0539. The van der Waals surface area contributed by atoms with Crippen LogP contribution in [0, 0.1) is 0 Å². The number of anilines is 2. The molecule has 0 spiro atoms. The van der Waals surface area contributed by atoms with Gasteiger partial charge in [-0.25, -0.2) is 4.68 Å². The second-order valence-corrected chi connectivity index (χ2v) is 8.87. The fourth-order valence-corrected chi connectivity index (χ4v) is 4.01. The van der Waals surface area contributed by atoms with Crippen LogP contribution in [0.15, 0.2) is 53.0 Å². The summed E-state index contributed by atoms with van der Waals surface area (Å²) >= 11 is 9.16. The van der Waals surface area contributed by atoms with Gasteiger partial charge in [-0.2, -0.15) is 31.4 Å². The predicted molar refractivity (Wildman–Crippen MR) is 117 cm³/mol. The Morgan fingerprint density at radius 2 is 1.76 bits per heavy atom. The van der Waals surface area contributed by atoms with Gasteiger partial charge in [0.05, 0.1) is 22.3 Å². The molecule has 0 aliphatic carbocycles. The van der Waals surface area contributed by atoms with E-state index < -0.39 is 41.6 Å². The number of nitrogens with zero attached hydrogens (tertiary/aromatic N) is 2. The number of benzene rings is 2. The maximum absolute atomic E-state index is 13.8. The van der Waals surface area contributed by atoms with Gasteiger partial charge in [0.15, 0.2) is 11.7 Å².